The number of amides is 2. The smallest absolute Gasteiger partial charge is 0.283 e. The molecule has 0 saturated heterocycles. The van der Waals surface area contributed by atoms with Crippen molar-refractivity contribution in [3.8, 4) is 11.5 Å². The Morgan fingerprint density at radius 1 is 0.875 bits per heavy atom. The van der Waals surface area contributed by atoms with Crippen LogP contribution in [0.2, 0.25) is 5.02 Å². The van der Waals surface area contributed by atoms with E-state index in [0.29, 0.717) is 22.2 Å². The summed E-state index contributed by atoms with van der Waals surface area (Å²) in [5.74, 6) is 0.0960. The summed E-state index contributed by atoms with van der Waals surface area (Å²) in [6, 6.07) is 21.3. The van der Waals surface area contributed by atoms with E-state index in [1.165, 1.54) is 24.9 Å². The van der Waals surface area contributed by atoms with E-state index in [-0.39, 0.29) is 16.3 Å². The van der Waals surface area contributed by atoms with Crippen LogP contribution in [0.15, 0.2) is 88.3 Å². The van der Waals surface area contributed by atoms with Gasteiger partial charge in [0.2, 0.25) is 0 Å². The van der Waals surface area contributed by atoms with Crippen LogP contribution in [0.3, 0.4) is 0 Å². The predicted molar refractivity (Wildman–Crippen MR) is 126 cm³/mol. The first-order chi connectivity index (χ1) is 15.5. The molecule has 1 aliphatic rings. The highest BCUT2D eigenvalue weighted by molar-refractivity contribution is 8.04. The Morgan fingerprint density at radius 3 is 2.25 bits per heavy atom. The molecule has 0 bridgehead atoms. The van der Waals surface area contributed by atoms with Crippen molar-refractivity contribution in [1.29, 1.82) is 0 Å². The molecule has 0 aromatic heterocycles. The Morgan fingerprint density at radius 2 is 1.59 bits per heavy atom. The molecule has 2 amide bonds. The van der Waals surface area contributed by atoms with Gasteiger partial charge in [-0.05, 0) is 54.6 Å². The second-order valence-corrected chi connectivity index (χ2v) is 8.25. The van der Waals surface area contributed by atoms with Crippen LogP contribution in [0.25, 0.3) is 0 Å². The Hall–Kier alpha value is -3.42. The number of thioether (sulfide) groups is 1. The molecule has 8 heteroatoms. The maximum Gasteiger partial charge on any atom is 0.283 e. The van der Waals surface area contributed by atoms with E-state index in [1.54, 1.807) is 43.5 Å². The van der Waals surface area contributed by atoms with Crippen LogP contribution < -0.4 is 19.7 Å². The van der Waals surface area contributed by atoms with Gasteiger partial charge >= 0.3 is 0 Å². The molecular formula is C24H19ClN2O4S. The minimum absolute atomic E-state index is 0.177. The molecule has 3 aromatic carbocycles. The minimum Gasteiger partial charge on any atom is -0.497 e. The average molecular weight is 467 g/mol. The average Bonchev–Trinajstić information content (AvgIpc) is 3.04. The van der Waals surface area contributed by atoms with Crippen LogP contribution in [-0.4, -0.2) is 26.0 Å². The van der Waals surface area contributed by atoms with E-state index in [2.05, 4.69) is 5.32 Å². The van der Waals surface area contributed by atoms with Crippen molar-refractivity contribution >= 4 is 46.6 Å². The normalized spacial score (nSPS) is 13.5. The molecule has 3 aromatic rings. The van der Waals surface area contributed by atoms with E-state index in [0.717, 1.165) is 9.80 Å². The highest BCUT2D eigenvalue weighted by Crippen LogP contribution is 2.41. The molecular weight excluding hydrogens is 448 g/mol. The zero-order chi connectivity index (χ0) is 22.7. The highest BCUT2D eigenvalue weighted by atomic mass is 35.5. The summed E-state index contributed by atoms with van der Waals surface area (Å²) in [6.07, 6.45) is 0. The number of ether oxygens (including phenoxy) is 2. The summed E-state index contributed by atoms with van der Waals surface area (Å²) in [5, 5.41) is 3.50. The lowest BCUT2D eigenvalue weighted by molar-refractivity contribution is -0.120. The van der Waals surface area contributed by atoms with Gasteiger partial charge in [0, 0.05) is 15.6 Å². The molecule has 6 nitrogen and oxygen atoms in total. The van der Waals surface area contributed by atoms with Gasteiger partial charge in [0.1, 0.15) is 22.1 Å². The molecule has 162 valence electrons. The molecule has 32 heavy (non-hydrogen) atoms. The zero-order valence-electron chi connectivity index (χ0n) is 17.3. The predicted octanol–water partition coefficient (Wildman–Crippen LogP) is 5.35. The molecule has 0 atom stereocenters. The van der Waals surface area contributed by atoms with Crippen molar-refractivity contribution in [2.24, 2.45) is 0 Å². The lowest BCUT2D eigenvalue weighted by Gasteiger charge is -2.18. The van der Waals surface area contributed by atoms with Crippen LogP contribution in [0, 0.1) is 0 Å². The lowest BCUT2D eigenvalue weighted by Crippen LogP contribution is -2.32. The number of nitrogens with zero attached hydrogens (tertiary/aromatic N) is 1. The van der Waals surface area contributed by atoms with Gasteiger partial charge in [-0.2, -0.15) is 0 Å². The summed E-state index contributed by atoms with van der Waals surface area (Å²) in [5.41, 5.74) is 1.11. The third kappa shape index (κ3) is 4.30. The first kappa shape index (κ1) is 21.8. The number of imide groups is 1. The molecule has 0 saturated carbocycles. The lowest BCUT2D eigenvalue weighted by atomic mass is 10.2. The summed E-state index contributed by atoms with van der Waals surface area (Å²) >= 11 is 7.38. The number of methoxy groups -OCH3 is 2. The van der Waals surface area contributed by atoms with Gasteiger partial charge in [-0.15, -0.1) is 0 Å². The number of rotatable bonds is 7. The van der Waals surface area contributed by atoms with Crippen molar-refractivity contribution < 1.29 is 19.1 Å². The highest BCUT2D eigenvalue weighted by Gasteiger charge is 2.41. The van der Waals surface area contributed by atoms with Crippen molar-refractivity contribution in [3.05, 3.63) is 88.4 Å². The van der Waals surface area contributed by atoms with E-state index in [9.17, 15) is 9.59 Å². The van der Waals surface area contributed by atoms with Gasteiger partial charge in [0.05, 0.1) is 19.9 Å². The van der Waals surface area contributed by atoms with Crippen LogP contribution in [0.1, 0.15) is 0 Å². The zero-order valence-corrected chi connectivity index (χ0v) is 18.9. The summed E-state index contributed by atoms with van der Waals surface area (Å²) in [7, 11) is 3.05. The van der Waals surface area contributed by atoms with Crippen molar-refractivity contribution in [1.82, 2.24) is 0 Å². The fourth-order valence-electron chi connectivity index (χ4n) is 3.20. The molecule has 4 rings (SSSR count). The topological polar surface area (TPSA) is 67.9 Å². The van der Waals surface area contributed by atoms with Gasteiger partial charge in [0.25, 0.3) is 11.8 Å². The number of nitrogens with one attached hydrogen (secondary N) is 1. The minimum atomic E-state index is -0.496. The maximum absolute atomic E-state index is 13.5. The Labute approximate surface area is 194 Å². The largest absolute Gasteiger partial charge is 0.497 e. The molecule has 1 N–H and O–H groups in total. The van der Waals surface area contributed by atoms with Crippen LogP contribution in [0.4, 0.5) is 11.4 Å². The van der Waals surface area contributed by atoms with Gasteiger partial charge < -0.3 is 14.8 Å². The molecule has 1 heterocycles. The number of anilines is 2. The number of halogens is 1. The maximum atomic E-state index is 13.5. The van der Waals surface area contributed by atoms with Crippen LogP contribution >= 0.6 is 23.4 Å². The SMILES string of the molecule is COc1ccc(NC2=C(Sc3ccccc3)C(=O)N(c3cc(Cl)ccc3OC)C2=O)cc1. The van der Waals surface area contributed by atoms with E-state index in [4.69, 9.17) is 21.1 Å². The Bertz CT molecular complexity index is 1200. The standard InChI is InChI=1S/C24H19ClN2O4S/c1-30-17-11-9-16(10-12-17)26-21-22(32-18-6-4-3-5-7-18)24(29)27(23(21)28)19-14-15(25)8-13-20(19)31-2/h3-14,26H,1-2H3. The van der Waals surface area contributed by atoms with E-state index >= 15 is 0 Å². The quantitative estimate of drug-likeness (QED) is 0.474. The number of carbonyl (C=O) groups is 2. The van der Waals surface area contributed by atoms with Crippen molar-refractivity contribution in [2.75, 3.05) is 24.4 Å². The van der Waals surface area contributed by atoms with E-state index < -0.39 is 11.8 Å². The Balaban J connectivity index is 1.76. The third-order valence-corrected chi connectivity index (χ3v) is 6.07. The first-order valence-corrected chi connectivity index (χ1v) is 10.8. The fraction of sp³-hybridized carbons (Fsp3) is 0.0833. The second-order valence-electron chi connectivity index (χ2n) is 6.73. The van der Waals surface area contributed by atoms with Gasteiger partial charge in [-0.3, -0.25) is 9.59 Å². The molecule has 0 unspecified atom stereocenters. The summed E-state index contributed by atoms with van der Waals surface area (Å²) in [4.78, 5) is 29.1. The fourth-order valence-corrected chi connectivity index (χ4v) is 4.31. The monoisotopic (exact) mass is 466 g/mol. The van der Waals surface area contributed by atoms with Crippen LogP contribution in [-0.2, 0) is 9.59 Å². The summed E-state index contributed by atoms with van der Waals surface area (Å²) in [6.45, 7) is 0. The number of hydrogen-bond acceptors (Lipinski definition) is 6. The molecule has 0 aliphatic carbocycles. The number of hydrogen-bond donors (Lipinski definition) is 1. The van der Waals surface area contributed by atoms with Crippen molar-refractivity contribution in [3.63, 3.8) is 0 Å². The third-order valence-electron chi connectivity index (χ3n) is 4.75. The van der Waals surface area contributed by atoms with Gasteiger partial charge in [-0.1, -0.05) is 41.6 Å². The summed E-state index contributed by atoms with van der Waals surface area (Å²) < 4.78 is 10.6. The van der Waals surface area contributed by atoms with E-state index in [1.807, 2.05) is 30.3 Å². The van der Waals surface area contributed by atoms with Gasteiger partial charge in [-0.25, -0.2) is 4.90 Å². The van der Waals surface area contributed by atoms with Gasteiger partial charge in [0.15, 0.2) is 0 Å². The molecule has 1 aliphatic heterocycles. The van der Waals surface area contributed by atoms with Crippen LogP contribution in [0.5, 0.6) is 11.5 Å². The number of carbonyl (C=O) groups excluding carboxylic acids is 2. The molecule has 0 spiro atoms. The second kappa shape index (κ2) is 9.38. The first-order valence-electron chi connectivity index (χ1n) is 9.62. The van der Waals surface area contributed by atoms with Crippen molar-refractivity contribution in [2.45, 2.75) is 4.90 Å². The molecule has 0 fully saturated rings. The number of benzene rings is 3. The Kier molecular flexibility index (Phi) is 6.39. The molecule has 0 radical (unpaired) electrons.